The van der Waals surface area contributed by atoms with Gasteiger partial charge in [-0.15, -0.1) is 11.3 Å². The summed E-state index contributed by atoms with van der Waals surface area (Å²) >= 11 is 1.86. The van der Waals surface area contributed by atoms with Crippen LogP contribution in [0.3, 0.4) is 0 Å². The Morgan fingerprint density at radius 1 is 0.316 bits per heavy atom. The lowest BCUT2D eigenvalue weighted by molar-refractivity contribution is 0.670. The summed E-state index contributed by atoms with van der Waals surface area (Å²) in [7, 11) is 0. The molecule has 2 aromatic heterocycles. The summed E-state index contributed by atoms with van der Waals surface area (Å²) in [5, 5.41) is 4.90. The monoisotopic (exact) mass is 745 g/mol. The van der Waals surface area contributed by atoms with Crippen LogP contribution in [0.4, 0.5) is 17.1 Å². The molecule has 0 amide bonds. The number of fused-ring (bicyclic) bond motifs is 6. The van der Waals surface area contributed by atoms with E-state index in [1.807, 2.05) is 23.5 Å². The Balaban J connectivity index is 0.978. The molecule has 2 heterocycles. The minimum atomic E-state index is 0.906. The van der Waals surface area contributed by atoms with Gasteiger partial charge in [-0.05, 0) is 99.6 Å². The van der Waals surface area contributed by atoms with Crippen molar-refractivity contribution < 1.29 is 4.42 Å². The Bertz CT molecular complexity index is 3210. The van der Waals surface area contributed by atoms with Crippen molar-refractivity contribution in [3.8, 4) is 44.5 Å². The molecule has 0 unspecified atom stereocenters. The molecule has 0 aliphatic heterocycles. The normalized spacial score (nSPS) is 11.5. The van der Waals surface area contributed by atoms with Crippen LogP contribution in [0.15, 0.2) is 217 Å². The van der Waals surface area contributed by atoms with Crippen molar-refractivity contribution in [1.29, 1.82) is 0 Å². The van der Waals surface area contributed by atoms with Crippen LogP contribution < -0.4 is 4.90 Å². The van der Waals surface area contributed by atoms with Crippen LogP contribution in [0.1, 0.15) is 0 Å². The summed E-state index contributed by atoms with van der Waals surface area (Å²) in [6.45, 7) is 0. The molecule has 0 atom stereocenters. The van der Waals surface area contributed by atoms with E-state index in [-0.39, 0.29) is 0 Å². The zero-order chi connectivity index (χ0) is 37.7. The third-order valence-electron chi connectivity index (χ3n) is 11.1. The van der Waals surface area contributed by atoms with Crippen LogP contribution >= 0.6 is 11.3 Å². The van der Waals surface area contributed by atoms with Crippen molar-refractivity contribution in [3.63, 3.8) is 0 Å². The molecular formula is C54H35NOS. The van der Waals surface area contributed by atoms with E-state index in [4.69, 9.17) is 4.42 Å². The van der Waals surface area contributed by atoms with E-state index in [1.165, 1.54) is 42.4 Å². The SMILES string of the molecule is c1ccc(-c2ccc(N(c3ccc(-c4ccc5sc6ccccc6c5c4)cc3)c3ccc(-c4ccccc4-c4cccc5c4oc4ccccc45)cc3)cc2)cc1. The maximum absolute atomic E-state index is 6.48. The Morgan fingerprint density at radius 3 is 1.56 bits per heavy atom. The quantitative estimate of drug-likeness (QED) is 0.162. The number of nitrogens with zero attached hydrogens (tertiary/aromatic N) is 1. The van der Waals surface area contributed by atoms with E-state index < -0.39 is 0 Å². The van der Waals surface area contributed by atoms with E-state index in [0.717, 1.165) is 61.3 Å². The highest BCUT2D eigenvalue weighted by molar-refractivity contribution is 7.25. The Morgan fingerprint density at radius 2 is 0.825 bits per heavy atom. The molecule has 0 aliphatic carbocycles. The molecule has 11 rings (SSSR count). The number of furan rings is 1. The minimum Gasteiger partial charge on any atom is -0.455 e. The maximum atomic E-state index is 6.48. The van der Waals surface area contributed by atoms with Crippen LogP contribution in [0.5, 0.6) is 0 Å². The largest absolute Gasteiger partial charge is 0.455 e. The first-order valence-electron chi connectivity index (χ1n) is 19.3. The molecule has 268 valence electrons. The van der Waals surface area contributed by atoms with Gasteiger partial charge in [0.1, 0.15) is 11.2 Å². The van der Waals surface area contributed by atoms with Crippen molar-refractivity contribution in [2.75, 3.05) is 4.90 Å². The first-order chi connectivity index (χ1) is 28.2. The molecule has 0 aliphatic rings. The molecule has 2 nitrogen and oxygen atoms in total. The lowest BCUT2D eigenvalue weighted by atomic mass is 9.93. The second-order valence-electron chi connectivity index (χ2n) is 14.5. The predicted octanol–water partition coefficient (Wildman–Crippen LogP) is 16.1. The van der Waals surface area contributed by atoms with E-state index >= 15 is 0 Å². The van der Waals surface area contributed by atoms with E-state index in [0.29, 0.717) is 0 Å². The van der Waals surface area contributed by atoms with Crippen LogP contribution in [-0.2, 0) is 0 Å². The minimum absolute atomic E-state index is 0.906. The standard InChI is InChI=1S/C54H35NOS/c1-2-11-36(12-3-1)37-21-28-41(29-22-37)55(42-30-23-38(24-31-42)40-27-34-53-50(35-40)47-16-7-9-20-52(47)57-53)43-32-25-39(26-33-43)44-13-4-5-14-45(44)48-17-10-18-49-46-15-6-8-19-51(46)56-54(48)49/h1-35H. The van der Waals surface area contributed by atoms with Crippen LogP contribution in [-0.4, -0.2) is 0 Å². The smallest absolute Gasteiger partial charge is 0.143 e. The molecule has 0 bridgehead atoms. The van der Waals surface area contributed by atoms with Gasteiger partial charge in [-0.2, -0.15) is 0 Å². The first kappa shape index (κ1) is 33.2. The molecule has 0 radical (unpaired) electrons. The third-order valence-corrected chi connectivity index (χ3v) is 12.3. The molecule has 3 heteroatoms. The number of anilines is 3. The predicted molar refractivity (Wildman–Crippen MR) is 243 cm³/mol. The van der Waals surface area contributed by atoms with Gasteiger partial charge in [0.15, 0.2) is 0 Å². The van der Waals surface area contributed by atoms with Crippen LogP contribution in [0.2, 0.25) is 0 Å². The van der Waals surface area contributed by atoms with Gasteiger partial charge in [-0.3, -0.25) is 0 Å². The molecule has 0 saturated carbocycles. The van der Waals surface area contributed by atoms with E-state index in [9.17, 15) is 0 Å². The maximum Gasteiger partial charge on any atom is 0.143 e. The zero-order valence-electron chi connectivity index (χ0n) is 31.0. The van der Waals surface area contributed by atoms with Gasteiger partial charge < -0.3 is 9.32 Å². The van der Waals surface area contributed by atoms with Crippen molar-refractivity contribution in [1.82, 2.24) is 0 Å². The Hall–Kier alpha value is -7.20. The topological polar surface area (TPSA) is 16.4 Å². The fourth-order valence-electron chi connectivity index (χ4n) is 8.31. The van der Waals surface area contributed by atoms with Crippen molar-refractivity contribution >= 4 is 70.5 Å². The van der Waals surface area contributed by atoms with Gasteiger partial charge in [0, 0.05) is 53.6 Å². The molecule has 0 fully saturated rings. The highest BCUT2D eigenvalue weighted by Gasteiger charge is 2.17. The van der Waals surface area contributed by atoms with Gasteiger partial charge in [-0.1, -0.05) is 152 Å². The van der Waals surface area contributed by atoms with Crippen LogP contribution in [0.25, 0.3) is 86.6 Å². The molecule has 0 spiro atoms. The number of hydrogen-bond donors (Lipinski definition) is 0. The van der Waals surface area contributed by atoms with Gasteiger partial charge in [0.05, 0.1) is 0 Å². The average Bonchev–Trinajstić information content (AvgIpc) is 3.86. The fraction of sp³-hybridized carbons (Fsp3) is 0. The Kier molecular flexibility index (Phi) is 8.04. The fourth-order valence-corrected chi connectivity index (χ4v) is 9.39. The summed E-state index contributed by atoms with van der Waals surface area (Å²) in [6.07, 6.45) is 0. The highest BCUT2D eigenvalue weighted by Crippen LogP contribution is 2.42. The van der Waals surface area contributed by atoms with E-state index in [2.05, 4.69) is 205 Å². The molecule has 57 heavy (non-hydrogen) atoms. The van der Waals surface area contributed by atoms with Gasteiger partial charge in [-0.25, -0.2) is 0 Å². The second-order valence-corrected chi connectivity index (χ2v) is 15.6. The first-order valence-corrected chi connectivity index (χ1v) is 20.1. The summed E-state index contributed by atoms with van der Waals surface area (Å²) in [5.41, 5.74) is 14.5. The number of rotatable bonds is 7. The van der Waals surface area contributed by atoms with Gasteiger partial charge in [0.2, 0.25) is 0 Å². The summed E-state index contributed by atoms with van der Waals surface area (Å²) < 4.78 is 9.12. The number of benzene rings is 9. The summed E-state index contributed by atoms with van der Waals surface area (Å²) in [5.74, 6) is 0. The average molecular weight is 746 g/mol. The lowest BCUT2D eigenvalue weighted by Crippen LogP contribution is -2.09. The van der Waals surface area contributed by atoms with E-state index in [1.54, 1.807) is 0 Å². The molecular weight excluding hydrogens is 711 g/mol. The van der Waals surface area contributed by atoms with Crippen molar-refractivity contribution in [2.24, 2.45) is 0 Å². The van der Waals surface area contributed by atoms with Gasteiger partial charge in [0.25, 0.3) is 0 Å². The molecule has 9 aromatic carbocycles. The Labute approximate surface area is 335 Å². The van der Waals surface area contributed by atoms with Crippen LogP contribution in [0, 0.1) is 0 Å². The number of para-hydroxylation sites is 2. The molecule has 0 N–H and O–H groups in total. The number of hydrogen-bond acceptors (Lipinski definition) is 3. The molecule has 0 saturated heterocycles. The van der Waals surface area contributed by atoms with Crippen molar-refractivity contribution in [2.45, 2.75) is 0 Å². The number of thiophene rings is 1. The summed E-state index contributed by atoms with van der Waals surface area (Å²) in [4.78, 5) is 2.35. The van der Waals surface area contributed by atoms with Gasteiger partial charge >= 0.3 is 0 Å². The third kappa shape index (κ3) is 5.88. The summed E-state index contributed by atoms with van der Waals surface area (Å²) in [6, 6.07) is 76.3. The lowest BCUT2D eigenvalue weighted by Gasteiger charge is -2.26. The molecule has 11 aromatic rings. The second kappa shape index (κ2) is 13.8. The van der Waals surface area contributed by atoms with Crippen molar-refractivity contribution in [3.05, 3.63) is 212 Å². The zero-order valence-corrected chi connectivity index (χ0v) is 31.8. The highest BCUT2D eigenvalue weighted by atomic mass is 32.1.